The monoisotopic (exact) mass is 213 g/mol. The molecule has 3 heteroatoms. The number of rotatable bonds is 3. The first-order valence-electron chi connectivity index (χ1n) is 5.90. The summed E-state index contributed by atoms with van der Waals surface area (Å²) in [5.74, 6) is 1.92. The number of aryl methyl sites for hydroxylation is 2. The fourth-order valence-corrected chi connectivity index (χ4v) is 2.05. The van der Waals surface area contributed by atoms with Crippen LogP contribution in [0, 0.1) is 12.8 Å². The van der Waals surface area contributed by atoms with Gasteiger partial charge < -0.3 is 0 Å². The molecule has 0 aromatic carbocycles. The molecule has 3 rings (SSSR count). The first-order chi connectivity index (χ1) is 7.83. The summed E-state index contributed by atoms with van der Waals surface area (Å²) in [5.41, 5.74) is 2.04. The molecule has 1 saturated carbocycles. The zero-order chi connectivity index (χ0) is 11.0. The van der Waals surface area contributed by atoms with Crippen molar-refractivity contribution in [2.24, 2.45) is 5.92 Å². The number of pyridine rings is 1. The van der Waals surface area contributed by atoms with Crippen molar-refractivity contribution >= 4 is 10.9 Å². The van der Waals surface area contributed by atoms with Gasteiger partial charge in [0.2, 0.25) is 0 Å². The van der Waals surface area contributed by atoms with Crippen LogP contribution in [0.4, 0.5) is 0 Å². The minimum Gasteiger partial charge on any atom is -0.262 e. The lowest BCUT2D eigenvalue weighted by Gasteiger charge is -2.04. The Hall–Kier alpha value is -1.51. The maximum atomic E-state index is 4.56. The first-order valence-corrected chi connectivity index (χ1v) is 5.90. The smallest absolute Gasteiger partial charge is 0.129 e. The average molecular weight is 213 g/mol. The Morgan fingerprint density at radius 3 is 3.00 bits per heavy atom. The maximum absolute atomic E-state index is 4.56. The predicted octanol–water partition coefficient (Wildman–Crippen LogP) is 2.68. The van der Waals surface area contributed by atoms with Gasteiger partial charge in [0, 0.05) is 23.7 Å². The molecule has 0 spiro atoms. The summed E-state index contributed by atoms with van der Waals surface area (Å²) < 4.78 is 0. The summed E-state index contributed by atoms with van der Waals surface area (Å²) >= 11 is 0. The lowest BCUT2D eigenvalue weighted by atomic mass is 10.2. The highest BCUT2D eigenvalue weighted by molar-refractivity contribution is 5.79. The molecule has 16 heavy (non-hydrogen) atoms. The fraction of sp³-hybridized carbons (Fsp3) is 0.462. The molecule has 82 valence electrons. The van der Waals surface area contributed by atoms with Crippen LogP contribution >= 0.6 is 0 Å². The molecule has 0 saturated heterocycles. The number of hydrogen-bond acceptors (Lipinski definition) is 3. The van der Waals surface area contributed by atoms with E-state index >= 15 is 0 Å². The van der Waals surface area contributed by atoms with Gasteiger partial charge in [0.25, 0.3) is 0 Å². The van der Waals surface area contributed by atoms with E-state index in [-0.39, 0.29) is 0 Å². The zero-order valence-corrected chi connectivity index (χ0v) is 9.48. The quantitative estimate of drug-likeness (QED) is 0.786. The number of aromatic nitrogens is 3. The summed E-state index contributed by atoms with van der Waals surface area (Å²) in [6.45, 7) is 2.05. The van der Waals surface area contributed by atoms with Gasteiger partial charge in [-0.3, -0.25) is 4.98 Å². The third-order valence-corrected chi connectivity index (χ3v) is 3.21. The molecule has 2 heterocycles. The summed E-state index contributed by atoms with van der Waals surface area (Å²) in [6, 6.07) is 1.98. The van der Waals surface area contributed by atoms with E-state index in [4.69, 9.17) is 0 Å². The van der Waals surface area contributed by atoms with Gasteiger partial charge in [-0.15, -0.1) is 0 Å². The Bertz CT molecular complexity index is 518. The van der Waals surface area contributed by atoms with Crippen molar-refractivity contribution in [2.45, 2.75) is 32.6 Å². The van der Waals surface area contributed by atoms with Crippen LogP contribution < -0.4 is 0 Å². The number of nitrogens with zero attached hydrogens (tertiary/aromatic N) is 3. The third kappa shape index (κ3) is 1.90. The fourth-order valence-electron chi connectivity index (χ4n) is 2.05. The van der Waals surface area contributed by atoms with E-state index in [0.29, 0.717) is 0 Å². The van der Waals surface area contributed by atoms with Crippen LogP contribution in [0.5, 0.6) is 0 Å². The molecule has 0 atom stereocenters. The van der Waals surface area contributed by atoms with Gasteiger partial charge >= 0.3 is 0 Å². The molecule has 2 aromatic heterocycles. The van der Waals surface area contributed by atoms with Crippen LogP contribution in [-0.2, 0) is 6.42 Å². The van der Waals surface area contributed by atoms with Crippen LogP contribution in [0.25, 0.3) is 10.9 Å². The SMILES string of the molecule is Cc1nc(CCC2CC2)nc2cnccc12. The van der Waals surface area contributed by atoms with E-state index in [2.05, 4.69) is 15.0 Å². The van der Waals surface area contributed by atoms with Crippen molar-refractivity contribution in [3.05, 3.63) is 30.0 Å². The van der Waals surface area contributed by atoms with Crippen molar-refractivity contribution in [3.63, 3.8) is 0 Å². The highest BCUT2D eigenvalue weighted by Gasteiger charge is 2.21. The van der Waals surface area contributed by atoms with Crippen LogP contribution in [-0.4, -0.2) is 15.0 Å². The Balaban J connectivity index is 1.92. The average Bonchev–Trinajstić information content (AvgIpc) is 3.10. The minimum absolute atomic E-state index is 0.938. The third-order valence-electron chi connectivity index (χ3n) is 3.21. The molecule has 1 fully saturated rings. The van der Waals surface area contributed by atoms with E-state index in [1.54, 1.807) is 6.20 Å². The summed E-state index contributed by atoms with van der Waals surface area (Å²) in [5, 5.41) is 1.12. The van der Waals surface area contributed by atoms with Gasteiger partial charge in [-0.25, -0.2) is 9.97 Å². The summed E-state index contributed by atoms with van der Waals surface area (Å²) in [6.07, 6.45) is 8.66. The molecule has 3 nitrogen and oxygen atoms in total. The second-order valence-electron chi connectivity index (χ2n) is 4.60. The molecule has 0 N–H and O–H groups in total. The van der Waals surface area contributed by atoms with Crippen molar-refractivity contribution in [2.75, 3.05) is 0 Å². The number of fused-ring (bicyclic) bond motifs is 1. The van der Waals surface area contributed by atoms with Crippen molar-refractivity contribution in [3.8, 4) is 0 Å². The highest BCUT2D eigenvalue weighted by atomic mass is 14.9. The molecule has 2 aromatic rings. The van der Waals surface area contributed by atoms with Gasteiger partial charge in [0.1, 0.15) is 5.82 Å². The second kappa shape index (κ2) is 3.81. The van der Waals surface area contributed by atoms with Crippen molar-refractivity contribution in [1.29, 1.82) is 0 Å². The molecule has 0 aliphatic heterocycles. The lowest BCUT2D eigenvalue weighted by Crippen LogP contribution is -1.99. The van der Waals surface area contributed by atoms with Gasteiger partial charge in [-0.05, 0) is 25.3 Å². The molecule has 0 amide bonds. The Kier molecular flexibility index (Phi) is 2.31. The largest absolute Gasteiger partial charge is 0.262 e. The van der Waals surface area contributed by atoms with Gasteiger partial charge in [0.15, 0.2) is 0 Å². The Labute approximate surface area is 95.0 Å². The van der Waals surface area contributed by atoms with Crippen LogP contribution in [0.1, 0.15) is 30.8 Å². The van der Waals surface area contributed by atoms with Gasteiger partial charge in [0.05, 0.1) is 11.7 Å². The molecule has 0 unspecified atom stereocenters. The van der Waals surface area contributed by atoms with E-state index in [1.807, 2.05) is 19.2 Å². The maximum Gasteiger partial charge on any atom is 0.129 e. The first kappa shape index (κ1) is 9.70. The topological polar surface area (TPSA) is 38.7 Å². The Morgan fingerprint density at radius 2 is 2.19 bits per heavy atom. The lowest BCUT2D eigenvalue weighted by molar-refractivity contribution is 0.698. The molecular formula is C13H15N3. The van der Waals surface area contributed by atoms with Crippen molar-refractivity contribution in [1.82, 2.24) is 15.0 Å². The normalized spacial score (nSPS) is 15.6. The molecule has 1 aliphatic carbocycles. The minimum atomic E-state index is 0.938. The number of hydrogen-bond donors (Lipinski definition) is 0. The zero-order valence-electron chi connectivity index (χ0n) is 9.48. The van der Waals surface area contributed by atoms with Crippen LogP contribution in [0.2, 0.25) is 0 Å². The summed E-state index contributed by atoms with van der Waals surface area (Å²) in [4.78, 5) is 13.2. The molecule has 1 aliphatic rings. The van der Waals surface area contributed by atoms with E-state index in [1.165, 1.54) is 19.3 Å². The molecule has 0 bridgehead atoms. The second-order valence-corrected chi connectivity index (χ2v) is 4.60. The highest BCUT2D eigenvalue weighted by Crippen LogP contribution is 2.33. The molecule has 0 radical (unpaired) electrons. The molecular weight excluding hydrogens is 198 g/mol. The van der Waals surface area contributed by atoms with E-state index in [9.17, 15) is 0 Å². The van der Waals surface area contributed by atoms with Crippen molar-refractivity contribution < 1.29 is 0 Å². The van der Waals surface area contributed by atoms with Crippen LogP contribution in [0.15, 0.2) is 18.5 Å². The van der Waals surface area contributed by atoms with Crippen LogP contribution in [0.3, 0.4) is 0 Å². The van der Waals surface area contributed by atoms with Gasteiger partial charge in [-0.2, -0.15) is 0 Å². The van der Waals surface area contributed by atoms with Gasteiger partial charge in [-0.1, -0.05) is 12.8 Å². The Morgan fingerprint density at radius 1 is 1.31 bits per heavy atom. The summed E-state index contributed by atoms with van der Waals surface area (Å²) in [7, 11) is 0. The van der Waals surface area contributed by atoms with E-state index < -0.39 is 0 Å². The van der Waals surface area contributed by atoms with E-state index in [0.717, 1.165) is 34.8 Å². The standard InChI is InChI=1S/C13H15N3/c1-9-11-6-7-14-8-12(11)16-13(15-9)5-4-10-2-3-10/h6-8,10H,2-5H2,1H3. The predicted molar refractivity (Wildman–Crippen MR) is 63.1 cm³/mol.